The molecule has 0 amide bonds. The highest BCUT2D eigenvalue weighted by Gasteiger charge is 2.13. The molecular formula is C16H13IN2OS. The third kappa shape index (κ3) is 2.60. The minimum Gasteiger partial charge on any atom is -0.268 e. The molecule has 0 fully saturated rings. The number of hydrogen-bond donors (Lipinski definition) is 0. The van der Waals surface area contributed by atoms with E-state index in [9.17, 15) is 4.79 Å². The third-order valence-electron chi connectivity index (χ3n) is 3.34. The van der Waals surface area contributed by atoms with Crippen molar-refractivity contribution in [2.45, 2.75) is 12.1 Å². The summed E-state index contributed by atoms with van der Waals surface area (Å²) in [6, 6.07) is 13.6. The first-order valence-electron chi connectivity index (χ1n) is 6.44. The molecule has 0 aliphatic carbocycles. The smallest absolute Gasteiger partial charge is 0.266 e. The van der Waals surface area contributed by atoms with E-state index in [0.717, 1.165) is 20.3 Å². The van der Waals surface area contributed by atoms with Gasteiger partial charge < -0.3 is 0 Å². The van der Waals surface area contributed by atoms with Gasteiger partial charge in [0, 0.05) is 3.57 Å². The Bertz CT molecular complexity index is 889. The number of benzene rings is 2. The molecule has 0 saturated carbocycles. The highest BCUT2D eigenvalue weighted by molar-refractivity contribution is 14.1. The predicted molar refractivity (Wildman–Crippen MR) is 96.6 cm³/mol. The zero-order valence-corrected chi connectivity index (χ0v) is 14.6. The van der Waals surface area contributed by atoms with Crippen LogP contribution in [0.15, 0.2) is 52.4 Å². The molecule has 3 rings (SSSR count). The van der Waals surface area contributed by atoms with Gasteiger partial charge in [-0.3, -0.25) is 9.36 Å². The fourth-order valence-corrected chi connectivity index (χ4v) is 3.35. The van der Waals surface area contributed by atoms with E-state index >= 15 is 0 Å². The van der Waals surface area contributed by atoms with Crippen LogP contribution in [0.3, 0.4) is 0 Å². The van der Waals surface area contributed by atoms with E-state index < -0.39 is 0 Å². The van der Waals surface area contributed by atoms with Crippen molar-refractivity contribution in [3.05, 3.63) is 62.0 Å². The van der Waals surface area contributed by atoms with Gasteiger partial charge in [0.2, 0.25) is 0 Å². The number of rotatable bonds is 2. The monoisotopic (exact) mass is 408 g/mol. The molecule has 1 aromatic heterocycles. The Morgan fingerprint density at radius 1 is 1.19 bits per heavy atom. The zero-order valence-electron chi connectivity index (χ0n) is 11.6. The van der Waals surface area contributed by atoms with Gasteiger partial charge in [0.15, 0.2) is 5.16 Å². The summed E-state index contributed by atoms with van der Waals surface area (Å²) in [6.45, 7) is 2.00. The van der Waals surface area contributed by atoms with Crippen LogP contribution in [0, 0.1) is 10.5 Å². The Kier molecular flexibility index (Phi) is 4.03. The van der Waals surface area contributed by atoms with Crippen molar-refractivity contribution >= 4 is 45.3 Å². The second-order valence-electron chi connectivity index (χ2n) is 4.69. The molecular weight excluding hydrogens is 395 g/mol. The highest BCUT2D eigenvalue weighted by Crippen LogP contribution is 2.22. The van der Waals surface area contributed by atoms with Gasteiger partial charge in [-0.1, -0.05) is 30.0 Å². The Morgan fingerprint density at radius 3 is 2.67 bits per heavy atom. The van der Waals surface area contributed by atoms with Crippen LogP contribution >= 0.6 is 34.4 Å². The van der Waals surface area contributed by atoms with E-state index in [1.165, 1.54) is 11.8 Å². The summed E-state index contributed by atoms with van der Waals surface area (Å²) in [5.74, 6) is 0. The van der Waals surface area contributed by atoms with Crippen LogP contribution in [-0.2, 0) is 0 Å². The van der Waals surface area contributed by atoms with E-state index in [0.29, 0.717) is 10.5 Å². The molecule has 0 atom stereocenters. The molecule has 0 aliphatic heterocycles. The summed E-state index contributed by atoms with van der Waals surface area (Å²) in [6.07, 6.45) is 1.94. The maximum atomic E-state index is 12.9. The van der Waals surface area contributed by atoms with E-state index in [2.05, 4.69) is 27.6 Å². The number of hydrogen-bond acceptors (Lipinski definition) is 3. The zero-order chi connectivity index (χ0) is 15.0. The molecule has 5 heteroatoms. The maximum Gasteiger partial charge on any atom is 0.266 e. The molecule has 3 nitrogen and oxygen atoms in total. The van der Waals surface area contributed by atoms with E-state index in [1.807, 2.05) is 55.6 Å². The summed E-state index contributed by atoms with van der Waals surface area (Å²) < 4.78 is 2.74. The number of aryl methyl sites for hydroxylation is 1. The van der Waals surface area contributed by atoms with Crippen LogP contribution in [-0.4, -0.2) is 15.8 Å². The quantitative estimate of drug-likeness (QED) is 0.365. The number of para-hydroxylation sites is 1. The summed E-state index contributed by atoms with van der Waals surface area (Å²) in [5, 5.41) is 1.37. The number of halogens is 1. The predicted octanol–water partition coefficient (Wildman–Crippen LogP) is 4.02. The maximum absolute atomic E-state index is 12.9. The first kappa shape index (κ1) is 14.6. The lowest BCUT2D eigenvalue weighted by Crippen LogP contribution is -2.22. The minimum absolute atomic E-state index is 0.0165. The van der Waals surface area contributed by atoms with E-state index in [1.54, 1.807) is 4.57 Å². The Hall–Kier alpha value is -1.34. The summed E-state index contributed by atoms with van der Waals surface area (Å²) in [4.78, 5) is 17.6. The molecule has 0 radical (unpaired) electrons. The molecule has 106 valence electrons. The molecule has 0 saturated heterocycles. The Balaban J connectivity index is 2.44. The van der Waals surface area contributed by atoms with Crippen LogP contribution < -0.4 is 5.56 Å². The van der Waals surface area contributed by atoms with Crippen LogP contribution in [0.1, 0.15) is 5.56 Å². The number of nitrogens with zero attached hydrogens (tertiary/aromatic N) is 2. The first-order valence-corrected chi connectivity index (χ1v) is 8.74. The molecule has 21 heavy (non-hydrogen) atoms. The molecule has 0 N–H and O–H groups in total. The molecule has 0 aliphatic rings. The van der Waals surface area contributed by atoms with Crippen molar-refractivity contribution in [2.75, 3.05) is 6.26 Å². The van der Waals surface area contributed by atoms with Crippen molar-refractivity contribution in [3.63, 3.8) is 0 Å². The lowest BCUT2D eigenvalue weighted by molar-refractivity contribution is 0.816. The average Bonchev–Trinajstić information content (AvgIpc) is 2.49. The lowest BCUT2D eigenvalue weighted by atomic mass is 10.2. The third-order valence-corrected chi connectivity index (χ3v) is 4.65. The van der Waals surface area contributed by atoms with Crippen LogP contribution in [0.2, 0.25) is 0 Å². The van der Waals surface area contributed by atoms with Gasteiger partial charge in [0.05, 0.1) is 16.6 Å². The van der Waals surface area contributed by atoms with Crippen molar-refractivity contribution in [3.8, 4) is 5.69 Å². The number of fused-ring (bicyclic) bond motifs is 1. The fraction of sp³-hybridized carbons (Fsp3) is 0.125. The highest BCUT2D eigenvalue weighted by atomic mass is 127. The average molecular weight is 408 g/mol. The van der Waals surface area contributed by atoms with Crippen LogP contribution in [0.25, 0.3) is 16.6 Å². The van der Waals surface area contributed by atoms with Gasteiger partial charge in [-0.15, -0.1) is 0 Å². The largest absolute Gasteiger partial charge is 0.268 e. The van der Waals surface area contributed by atoms with Gasteiger partial charge in [-0.05, 0) is 65.6 Å². The number of thioether (sulfide) groups is 1. The van der Waals surface area contributed by atoms with Crippen molar-refractivity contribution in [1.82, 2.24) is 9.55 Å². The van der Waals surface area contributed by atoms with Crippen molar-refractivity contribution < 1.29 is 0 Å². The lowest BCUT2D eigenvalue weighted by Gasteiger charge is -2.14. The molecule has 1 heterocycles. The summed E-state index contributed by atoms with van der Waals surface area (Å²) in [7, 11) is 0. The summed E-state index contributed by atoms with van der Waals surface area (Å²) in [5.41, 5.74) is 2.67. The van der Waals surface area contributed by atoms with Gasteiger partial charge >= 0.3 is 0 Å². The van der Waals surface area contributed by atoms with Gasteiger partial charge in [-0.25, -0.2) is 4.98 Å². The molecule has 0 unspecified atom stereocenters. The van der Waals surface area contributed by atoms with E-state index in [-0.39, 0.29) is 5.56 Å². The molecule has 3 aromatic rings. The van der Waals surface area contributed by atoms with Gasteiger partial charge in [0.1, 0.15) is 0 Å². The molecule has 0 spiro atoms. The topological polar surface area (TPSA) is 34.9 Å². The summed E-state index contributed by atoms with van der Waals surface area (Å²) >= 11 is 3.70. The Labute approximate surface area is 140 Å². The number of aromatic nitrogens is 2. The van der Waals surface area contributed by atoms with E-state index in [4.69, 9.17) is 0 Å². The van der Waals surface area contributed by atoms with Crippen molar-refractivity contribution in [1.29, 1.82) is 0 Å². The van der Waals surface area contributed by atoms with Crippen LogP contribution in [0.5, 0.6) is 0 Å². The van der Waals surface area contributed by atoms with Gasteiger partial charge in [0.25, 0.3) is 5.56 Å². The molecule has 0 bridgehead atoms. The van der Waals surface area contributed by atoms with Gasteiger partial charge in [-0.2, -0.15) is 0 Å². The fourth-order valence-electron chi connectivity index (χ4n) is 2.30. The standard InChI is InChI=1S/C16H13IN2OS/c1-10-5-3-4-6-14(10)19-15(20)12-9-11(17)7-8-13(12)18-16(19)21-2/h3-9H,1-2H3. The minimum atomic E-state index is -0.0165. The second-order valence-corrected chi connectivity index (χ2v) is 6.71. The normalized spacial score (nSPS) is 11.0. The molecule has 2 aromatic carbocycles. The van der Waals surface area contributed by atoms with Crippen molar-refractivity contribution in [2.24, 2.45) is 0 Å². The van der Waals surface area contributed by atoms with Crippen LogP contribution in [0.4, 0.5) is 0 Å². The SMILES string of the molecule is CSc1nc2ccc(I)cc2c(=O)n1-c1ccccc1C. The first-order chi connectivity index (χ1) is 10.1. The Morgan fingerprint density at radius 2 is 1.95 bits per heavy atom. The second kappa shape index (κ2) is 5.81.